The van der Waals surface area contributed by atoms with Crippen molar-refractivity contribution >= 4 is 11.8 Å². The summed E-state index contributed by atoms with van der Waals surface area (Å²) in [6.07, 6.45) is 9.34. The second kappa shape index (κ2) is 11.3. The molecule has 0 amide bonds. The molecule has 1 fully saturated rings. The molecule has 0 spiro atoms. The molecule has 232 valence electrons. The number of hydrogen-bond acceptors (Lipinski definition) is 6. The highest BCUT2D eigenvalue weighted by Gasteiger charge is 2.52. The number of ether oxygens (including phenoxy) is 3. The van der Waals surface area contributed by atoms with E-state index in [9.17, 15) is 14.7 Å². The zero-order valence-corrected chi connectivity index (χ0v) is 26.6. The average Bonchev–Trinajstić information content (AvgIpc) is 3.35. The van der Waals surface area contributed by atoms with Crippen LogP contribution in [0.2, 0.25) is 0 Å². The monoisotopic (exact) mass is 590 g/mol. The summed E-state index contributed by atoms with van der Waals surface area (Å²) in [6.45, 7) is 18.5. The highest BCUT2D eigenvalue weighted by molar-refractivity contribution is 6.15. The van der Waals surface area contributed by atoms with Crippen molar-refractivity contribution in [3.63, 3.8) is 0 Å². The second-order valence-electron chi connectivity index (χ2n) is 13.9. The minimum atomic E-state index is -0.942. The Balaban J connectivity index is 1.55. The molecule has 1 aromatic carbocycles. The number of aromatic hydroxyl groups is 1. The first-order valence-electron chi connectivity index (χ1n) is 15.5. The van der Waals surface area contributed by atoms with Gasteiger partial charge in [-0.15, -0.1) is 0 Å². The highest BCUT2D eigenvalue weighted by Crippen LogP contribution is 2.60. The van der Waals surface area contributed by atoms with E-state index in [-0.39, 0.29) is 46.0 Å². The van der Waals surface area contributed by atoms with E-state index in [2.05, 4.69) is 26.5 Å². The van der Waals surface area contributed by atoms with Crippen molar-refractivity contribution in [2.45, 2.75) is 110 Å². The van der Waals surface area contributed by atoms with Crippen LogP contribution in [0.5, 0.6) is 17.2 Å². The van der Waals surface area contributed by atoms with E-state index in [1.165, 1.54) is 0 Å². The predicted octanol–water partition coefficient (Wildman–Crippen LogP) is 7.62. The van der Waals surface area contributed by atoms with E-state index in [0.29, 0.717) is 42.9 Å². The Morgan fingerprint density at radius 2 is 1.93 bits per heavy atom. The van der Waals surface area contributed by atoms with Crippen molar-refractivity contribution in [1.29, 1.82) is 0 Å². The van der Waals surface area contributed by atoms with Crippen molar-refractivity contribution in [1.82, 2.24) is 0 Å². The Morgan fingerprint density at radius 1 is 1.21 bits per heavy atom. The number of benzene rings is 1. The standard InChI is InChI=1S/C36H46O7/c1-19(2)11-12-24-32-28(30(38)27-25-18-36(8,43-33(24)27)16-15-22(25)20(3)4)29(37)23-13-14-26(31(23)42-32)35(6,7)41-17-9-10-21(5)34(39)40/h10-11,13,22,25-26,31,38H,3,9,12,14-18H2,1-2,4-8H3,(H,39,40)/b21-10-/t22?,25-,26-,31?,36+/m0/s1. The summed E-state index contributed by atoms with van der Waals surface area (Å²) in [6, 6.07) is 0. The van der Waals surface area contributed by atoms with Gasteiger partial charge in [0, 0.05) is 34.1 Å². The fraction of sp³-hybridized carbons (Fsp3) is 0.556. The summed E-state index contributed by atoms with van der Waals surface area (Å²) >= 11 is 0. The molecule has 2 heterocycles. The maximum atomic E-state index is 14.2. The highest BCUT2D eigenvalue weighted by atomic mass is 16.5. The van der Waals surface area contributed by atoms with Crippen LogP contribution in [0.4, 0.5) is 0 Å². The van der Waals surface area contributed by atoms with Crippen LogP contribution in [0.3, 0.4) is 0 Å². The molecule has 0 saturated heterocycles. The van der Waals surface area contributed by atoms with Crippen molar-refractivity contribution in [3.05, 3.63) is 63.8 Å². The van der Waals surface area contributed by atoms with Crippen LogP contribution in [0.15, 0.2) is 47.1 Å². The summed E-state index contributed by atoms with van der Waals surface area (Å²) in [5, 5.41) is 21.0. The van der Waals surface area contributed by atoms with E-state index < -0.39 is 17.7 Å². The van der Waals surface area contributed by atoms with E-state index in [4.69, 9.17) is 19.3 Å². The van der Waals surface area contributed by atoms with Crippen molar-refractivity contribution in [2.24, 2.45) is 11.8 Å². The summed E-state index contributed by atoms with van der Waals surface area (Å²) in [5.41, 5.74) is 3.82. The first-order valence-corrected chi connectivity index (χ1v) is 15.5. The SMILES string of the molecule is C=C(C)C1CC[C@]2(C)C[C@@H]1c1c(O)c3c(c(CC=C(C)C)c1O2)OC1C(=CC[C@@H]1C(C)(C)OCC/C=C(/C)C(=O)O)C3=O. The Bertz CT molecular complexity index is 1450. The minimum Gasteiger partial charge on any atom is -0.507 e. The molecule has 5 atom stereocenters. The molecule has 2 aliphatic heterocycles. The quantitative estimate of drug-likeness (QED) is 0.173. The fourth-order valence-corrected chi connectivity index (χ4v) is 7.45. The Hall–Kier alpha value is -3.32. The minimum absolute atomic E-state index is 0.0118. The van der Waals surface area contributed by atoms with E-state index in [1.807, 2.05) is 33.8 Å². The van der Waals surface area contributed by atoms with Crippen LogP contribution in [0, 0.1) is 11.8 Å². The van der Waals surface area contributed by atoms with Crippen molar-refractivity contribution in [2.75, 3.05) is 6.61 Å². The lowest BCUT2D eigenvalue weighted by molar-refractivity contribution is -0.132. The van der Waals surface area contributed by atoms with E-state index in [0.717, 1.165) is 41.5 Å². The molecule has 2 unspecified atom stereocenters. The number of ketones is 1. The van der Waals surface area contributed by atoms with Crippen molar-refractivity contribution in [3.8, 4) is 17.2 Å². The number of carboxylic acids is 1. The predicted molar refractivity (Wildman–Crippen MR) is 166 cm³/mol. The lowest BCUT2D eigenvalue weighted by atomic mass is 9.64. The summed E-state index contributed by atoms with van der Waals surface area (Å²) < 4.78 is 19.9. The van der Waals surface area contributed by atoms with Gasteiger partial charge >= 0.3 is 5.97 Å². The third kappa shape index (κ3) is 5.57. The number of phenolic OH excluding ortho intramolecular Hbond substituents is 1. The first kappa shape index (κ1) is 31.1. The van der Waals surface area contributed by atoms with Crippen LogP contribution in [-0.4, -0.2) is 45.9 Å². The number of rotatable bonds is 9. The molecule has 2 aliphatic carbocycles. The maximum absolute atomic E-state index is 14.2. The van der Waals surface area contributed by atoms with E-state index in [1.54, 1.807) is 13.0 Å². The van der Waals surface area contributed by atoms with Gasteiger partial charge in [0.1, 0.15) is 34.5 Å². The summed E-state index contributed by atoms with van der Waals surface area (Å²) in [5.74, 6) is -0.0204. The average molecular weight is 591 g/mol. The number of fused-ring (bicyclic) bond motifs is 6. The smallest absolute Gasteiger partial charge is 0.330 e. The van der Waals surface area contributed by atoms with Gasteiger partial charge in [-0.25, -0.2) is 4.79 Å². The molecule has 1 aromatic rings. The van der Waals surface area contributed by atoms with Crippen LogP contribution in [-0.2, 0) is 16.0 Å². The van der Waals surface area contributed by atoms with Gasteiger partial charge in [0.15, 0.2) is 5.78 Å². The lowest BCUT2D eigenvalue weighted by Gasteiger charge is -2.49. The van der Waals surface area contributed by atoms with Gasteiger partial charge in [0.05, 0.1) is 12.2 Å². The molecule has 43 heavy (non-hydrogen) atoms. The molecule has 0 radical (unpaired) electrons. The summed E-state index contributed by atoms with van der Waals surface area (Å²) in [4.78, 5) is 25.4. The number of hydrogen-bond donors (Lipinski definition) is 2. The van der Waals surface area contributed by atoms with Gasteiger partial charge in [-0.05, 0) is 92.9 Å². The molecule has 2 bridgehead atoms. The second-order valence-corrected chi connectivity index (χ2v) is 13.9. The zero-order chi connectivity index (χ0) is 31.4. The number of aliphatic carboxylic acids is 1. The maximum Gasteiger partial charge on any atom is 0.330 e. The Morgan fingerprint density at radius 3 is 2.58 bits per heavy atom. The van der Waals surface area contributed by atoms with Gasteiger partial charge < -0.3 is 24.4 Å². The largest absolute Gasteiger partial charge is 0.507 e. The number of Topliss-reactive ketones (excluding diaryl/α,β-unsaturated/α-hetero) is 1. The third-order valence-electron chi connectivity index (χ3n) is 9.97. The van der Waals surface area contributed by atoms with Crippen LogP contribution in [0.25, 0.3) is 0 Å². The number of carbonyl (C=O) groups excluding carboxylic acids is 1. The van der Waals surface area contributed by atoms with Gasteiger partial charge in [-0.2, -0.15) is 0 Å². The van der Waals surface area contributed by atoms with Crippen molar-refractivity contribution < 1.29 is 34.0 Å². The Kier molecular flexibility index (Phi) is 8.18. The molecular formula is C36H46O7. The lowest BCUT2D eigenvalue weighted by Crippen LogP contribution is -2.46. The Labute approximate surface area is 255 Å². The van der Waals surface area contributed by atoms with Crippen LogP contribution in [0.1, 0.15) is 108 Å². The first-order chi connectivity index (χ1) is 20.1. The van der Waals surface area contributed by atoms with E-state index >= 15 is 0 Å². The van der Waals surface area contributed by atoms with Gasteiger partial charge in [-0.3, -0.25) is 4.79 Å². The third-order valence-corrected chi connectivity index (χ3v) is 9.97. The topological polar surface area (TPSA) is 102 Å². The zero-order valence-electron chi connectivity index (χ0n) is 26.6. The summed E-state index contributed by atoms with van der Waals surface area (Å²) in [7, 11) is 0. The molecule has 1 saturated carbocycles. The molecule has 7 nitrogen and oxygen atoms in total. The molecular weight excluding hydrogens is 544 g/mol. The van der Waals surface area contributed by atoms with Gasteiger partial charge in [0.25, 0.3) is 0 Å². The molecule has 2 N–H and O–H groups in total. The molecule has 5 rings (SSSR count). The molecule has 0 aromatic heterocycles. The molecule has 4 aliphatic rings. The number of phenols is 1. The number of carboxylic acid groups (broad SMARTS) is 1. The number of allylic oxidation sites excluding steroid dienone is 4. The number of carbonyl (C=O) groups is 2. The van der Waals surface area contributed by atoms with Crippen LogP contribution >= 0.6 is 0 Å². The fourth-order valence-electron chi connectivity index (χ4n) is 7.45. The van der Waals surface area contributed by atoms with Gasteiger partial charge in [-0.1, -0.05) is 36.0 Å². The molecule has 7 heteroatoms. The normalized spacial score (nSPS) is 27.7. The van der Waals surface area contributed by atoms with Crippen LogP contribution < -0.4 is 9.47 Å². The van der Waals surface area contributed by atoms with Gasteiger partial charge in [0.2, 0.25) is 0 Å².